The van der Waals surface area contributed by atoms with E-state index in [2.05, 4.69) is 28.3 Å². The van der Waals surface area contributed by atoms with Gasteiger partial charge in [0.1, 0.15) is 12.4 Å². The van der Waals surface area contributed by atoms with Crippen LogP contribution in [0.1, 0.15) is 23.6 Å². The average Bonchev–Trinajstić information content (AvgIpc) is 2.69. The lowest BCUT2D eigenvalue weighted by Gasteiger charge is -2.14. The van der Waals surface area contributed by atoms with Crippen LogP contribution in [0.2, 0.25) is 0 Å². The molecule has 0 amide bonds. The highest BCUT2D eigenvalue weighted by atomic mass is 16.5. The Kier molecular flexibility index (Phi) is 7.75. The molecule has 0 spiro atoms. The van der Waals surface area contributed by atoms with Gasteiger partial charge >= 0.3 is 0 Å². The summed E-state index contributed by atoms with van der Waals surface area (Å²) in [6, 6.07) is 17.5. The van der Waals surface area contributed by atoms with Crippen molar-refractivity contribution in [3.05, 3.63) is 77.9 Å². The molecule has 0 aromatic heterocycles. The lowest BCUT2D eigenvalue weighted by Crippen LogP contribution is -2.36. The third-order valence-electron chi connectivity index (χ3n) is 3.60. The van der Waals surface area contributed by atoms with Crippen molar-refractivity contribution in [3.8, 4) is 11.8 Å². The predicted molar refractivity (Wildman–Crippen MR) is 105 cm³/mol. The molecule has 0 heterocycles. The second kappa shape index (κ2) is 10.6. The van der Waals surface area contributed by atoms with Gasteiger partial charge in [0.25, 0.3) is 0 Å². The van der Waals surface area contributed by atoms with Crippen molar-refractivity contribution in [1.82, 2.24) is 10.6 Å². The summed E-state index contributed by atoms with van der Waals surface area (Å²) in [6.45, 7) is 8.03. The van der Waals surface area contributed by atoms with Gasteiger partial charge in [-0.2, -0.15) is 5.26 Å². The first-order valence-electron chi connectivity index (χ1n) is 8.59. The largest absolute Gasteiger partial charge is 0.489 e. The van der Waals surface area contributed by atoms with Crippen LogP contribution in [0.3, 0.4) is 0 Å². The molecule has 0 aliphatic rings. The van der Waals surface area contributed by atoms with E-state index < -0.39 is 0 Å². The molecule has 0 aliphatic heterocycles. The van der Waals surface area contributed by atoms with Gasteiger partial charge in [0, 0.05) is 18.7 Å². The molecule has 2 aromatic carbocycles. The molecule has 0 saturated carbocycles. The van der Waals surface area contributed by atoms with Crippen LogP contribution in [0.4, 0.5) is 0 Å². The zero-order chi connectivity index (χ0) is 18.6. The van der Waals surface area contributed by atoms with Gasteiger partial charge in [-0.15, -0.1) is 0 Å². The molecule has 0 saturated heterocycles. The van der Waals surface area contributed by atoms with Crippen molar-refractivity contribution in [2.45, 2.75) is 20.0 Å². The summed E-state index contributed by atoms with van der Waals surface area (Å²) in [6.07, 6.45) is 1.73. The Hall–Kier alpha value is -3.26. The first-order chi connectivity index (χ1) is 12.8. The van der Waals surface area contributed by atoms with Crippen molar-refractivity contribution in [1.29, 1.82) is 5.26 Å². The summed E-state index contributed by atoms with van der Waals surface area (Å²) < 4.78 is 5.68. The number of nitrogens with zero attached hydrogens (tertiary/aromatic N) is 2. The normalized spacial score (nSPS) is 10.7. The second-order valence-corrected chi connectivity index (χ2v) is 5.57. The molecule has 0 unspecified atom stereocenters. The summed E-state index contributed by atoms with van der Waals surface area (Å²) >= 11 is 0. The SMILES string of the molecule is C=CCOc1ccccc1CNC(=NCc1cccc(C#N)c1)NCC. The number of hydrogen-bond donors (Lipinski definition) is 2. The third-order valence-corrected chi connectivity index (χ3v) is 3.60. The molecule has 0 radical (unpaired) electrons. The Labute approximate surface area is 155 Å². The Morgan fingerprint density at radius 3 is 2.85 bits per heavy atom. The van der Waals surface area contributed by atoms with Crippen molar-refractivity contribution in [3.63, 3.8) is 0 Å². The molecule has 26 heavy (non-hydrogen) atoms. The van der Waals surface area contributed by atoms with Crippen molar-refractivity contribution in [2.75, 3.05) is 13.2 Å². The first-order valence-corrected chi connectivity index (χ1v) is 8.59. The highest BCUT2D eigenvalue weighted by molar-refractivity contribution is 5.79. The zero-order valence-corrected chi connectivity index (χ0v) is 15.0. The van der Waals surface area contributed by atoms with E-state index >= 15 is 0 Å². The quantitative estimate of drug-likeness (QED) is 0.436. The van der Waals surface area contributed by atoms with Gasteiger partial charge in [-0.05, 0) is 30.7 Å². The summed E-state index contributed by atoms with van der Waals surface area (Å²) in [5, 5.41) is 15.5. The topological polar surface area (TPSA) is 69.4 Å². The summed E-state index contributed by atoms with van der Waals surface area (Å²) in [7, 11) is 0. The van der Waals surface area contributed by atoms with E-state index in [1.54, 1.807) is 12.1 Å². The second-order valence-electron chi connectivity index (χ2n) is 5.57. The minimum Gasteiger partial charge on any atom is -0.489 e. The molecule has 0 fully saturated rings. The van der Waals surface area contributed by atoms with Crippen molar-refractivity contribution < 1.29 is 4.74 Å². The Balaban J connectivity index is 2.04. The summed E-state index contributed by atoms with van der Waals surface area (Å²) in [4.78, 5) is 4.59. The van der Waals surface area contributed by atoms with E-state index in [0.29, 0.717) is 31.2 Å². The van der Waals surface area contributed by atoms with E-state index in [1.165, 1.54) is 0 Å². The molecular weight excluding hydrogens is 324 g/mol. The van der Waals surface area contributed by atoms with E-state index in [1.807, 2.05) is 49.4 Å². The van der Waals surface area contributed by atoms with Gasteiger partial charge in [-0.1, -0.05) is 43.0 Å². The number of nitriles is 1. The van der Waals surface area contributed by atoms with Gasteiger partial charge < -0.3 is 15.4 Å². The molecule has 5 nitrogen and oxygen atoms in total. The lowest BCUT2D eigenvalue weighted by molar-refractivity contribution is 0.358. The molecule has 2 aromatic rings. The van der Waals surface area contributed by atoms with E-state index in [0.717, 1.165) is 23.4 Å². The Bertz CT molecular complexity index is 793. The summed E-state index contributed by atoms with van der Waals surface area (Å²) in [5.41, 5.74) is 2.69. The lowest BCUT2D eigenvalue weighted by atomic mass is 10.1. The van der Waals surface area contributed by atoms with E-state index in [9.17, 15) is 0 Å². The molecule has 0 bridgehead atoms. The molecule has 5 heteroatoms. The number of para-hydroxylation sites is 1. The number of guanidine groups is 1. The number of aliphatic imine (C=N–C) groups is 1. The fourth-order valence-corrected chi connectivity index (χ4v) is 2.37. The molecule has 2 rings (SSSR count). The van der Waals surface area contributed by atoms with Crippen LogP contribution in [-0.2, 0) is 13.1 Å². The molecular formula is C21H24N4O. The summed E-state index contributed by atoms with van der Waals surface area (Å²) in [5.74, 6) is 1.55. The van der Waals surface area contributed by atoms with Gasteiger partial charge in [0.15, 0.2) is 5.96 Å². The Morgan fingerprint density at radius 1 is 1.23 bits per heavy atom. The van der Waals surface area contributed by atoms with Crippen LogP contribution in [-0.4, -0.2) is 19.1 Å². The van der Waals surface area contributed by atoms with Crippen LogP contribution in [0.5, 0.6) is 5.75 Å². The fraction of sp³-hybridized carbons (Fsp3) is 0.238. The van der Waals surface area contributed by atoms with Gasteiger partial charge in [0.05, 0.1) is 18.2 Å². The maximum atomic E-state index is 8.99. The fourth-order valence-electron chi connectivity index (χ4n) is 2.37. The molecule has 134 valence electrons. The monoisotopic (exact) mass is 348 g/mol. The number of nitrogens with one attached hydrogen (secondary N) is 2. The van der Waals surface area contributed by atoms with Crippen LogP contribution in [0, 0.1) is 11.3 Å². The minimum atomic E-state index is 0.473. The highest BCUT2D eigenvalue weighted by Crippen LogP contribution is 2.17. The maximum absolute atomic E-state index is 8.99. The van der Waals surface area contributed by atoms with Crippen LogP contribution in [0.25, 0.3) is 0 Å². The molecule has 2 N–H and O–H groups in total. The molecule has 0 atom stereocenters. The smallest absolute Gasteiger partial charge is 0.191 e. The number of ether oxygens (including phenoxy) is 1. The number of benzene rings is 2. The van der Waals surface area contributed by atoms with Crippen LogP contribution < -0.4 is 15.4 Å². The zero-order valence-electron chi connectivity index (χ0n) is 15.0. The van der Waals surface area contributed by atoms with Crippen LogP contribution >= 0.6 is 0 Å². The first kappa shape index (κ1) is 19.1. The molecule has 0 aliphatic carbocycles. The van der Waals surface area contributed by atoms with E-state index in [4.69, 9.17) is 10.00 Å². The Morgan fingerprint density at radius 2 is 2.08 bits per heavy atom. The van der Waals surface area contributed by atoms with Gasteiger partial charge in [-0.3, -0.25) is 0 Å². The number of hydrogen-bond acceptors (Lipinski definition) is 3. The van der Waals surface area contributed by atoms with Gasteiger partial charge in [-0.25, -0.2) is 4.99 Å². The number of rotatable bonds is 8. The standard InChI is InChI=1S/C21H24N4O/c1-3-12-26-20-11-6-5-10-19(20)16-25-21(23-4-2)24-15-18-9-7-8-17(13-18)14-22/h3,5-11,13H,1,4,12,15-16H2,2H3,(H2,23,24,25). The van der Waals surface area contributed by atoms with Gasteiger partial charge in [0.2, 0.25) is 0 Å². The predicted octanol–water partition coefficient (Wildman–Crippen LogP) is 3.38. The average molecular weight is 348 g/mol. The van der Waals surface area contributed by atoms with E-state index in [-0.39, 0.29) is 0 Å². The highest BCUT2D eigenvalue weighted by Gasteiger charge is 2.04. The third kappa shape index (κ3) is 5.99. The maximum Gasteiger partial charge on any atom is 0.191 e. The minimum absolute atomic E-state index is 0.473. The van der Waals surface area contributed by atoms with Crippen molar-refractivity contribution >= 4 is 5.96 Å². The van der Waals surface area contributed by atoms with Crippen molar-refractivity contribution in [2.24, 2.45) is 4.99 Å². The van der Waals surface area contributed by atoms with Crippen LogP contribution in [0.15, 0.2) is 66.2 Å².